The quantitative estimate of drug-likeness (QED) is 0.191. The molecule has 4 saturated carbocycles. The van der Waals surface area contributed by atoms with E-state index in [2.05, 4.69) is 48.5 Å². The molecular weight excluding hydrogens is 564 g/mol. The minimum atomic E-state index is -0.556. The standard InChI is InChI=1S/C40H34N6/c1-5-13-28(14-6-1)34-41-35(29-15-7-2-8-16-29)44-38(43-34)40(32-22-26-21-27(24-32)25-33(40)23-26)39-45-36(30-17-9-3-10-18-30)42-37(46-39)31-19-11-4-12-20-31/h1-20,26-27,32-33H,21-25H2. The molecule has 46 heavy (non-hydrogen) atoms. The lowest BCUT2D eigenvalue weighted by Gasteiger charge is -2.59. The van der Waals surface area contributed by atoms with Crippen molar-refractivity contribution in [3.05, 3.63) is 133 Å². The number of hydrogen-bond acceptors (Lipinski definition) is 6. The smallest absolute Gasteiger partial charge is 0.163 e. The van der Waals surface area contributed by atoms with Crippen LogP contribution in [0.1, 0.15) is 43.8 Å². The van der Waals surface area contributed by atoms with Gasteiger partial charge < -0.3 is 0 Å². The highest BCUT2D eigenvalue weighted by molar-refractivity contribution is 5.63. The summed E-state index contributed by atoms with van der Waals surface area (Å²) in [6.07, 6.45) is 5.92. The van der Waals surface area contributed by atoms with Crippen LogP contribution in [0.2, 0.25) is 0 Å². The molecule has 2 heterocycles. The van der Waals surface area contributed by atoms with Crippen LogP contribution < -0.4 is 0 Å². The van der Waals surface area contributed by atoms with E-state index in [1.165, 1.54) is 6.42 Å². The van der Waals surface area contributed by atoms with E-state index in [0.717, 1.165) is 71.4 Å². The molecule has 2 aromatic heterocycles. The summed E-state index contributed by atoms with van der Waals surface area (Å²) in [4.78, 5) is 31.8. The van der Waals surface area contributed by atoms with Gasteiger partial charge in [0.2, 0.25) is 0 Å². The Kier molecular flexibility index (Phi) is 6.54. The molecule has 4 bridgehead atoms. The van der Waals surface area contributed by atoms with E-state index in [-0.39, 0.29) is 0 Å². The molecule has 0 radical (unpaired) electrons. The van der Waals surface area contributed by atoms with E-state index >= 15 is 0 Å². The Labute approximate surface area is 269 Å². The second kappa shape index (κ2) is 11.1. The number of rotatable bonds is 6. The van der Waals surface area contributed by atoms with Gasteiger partial charge in [-0.25, -0.2) is 29.9 Å². The molecule has 4 aromatic carbocycles. The Hall–Kier alpha value is -5.10. The van der Waals surface area contributed by atoms with Crippen LogP contribution in [0.15, 0.2) is 121 Å². The lowest BCUT2D eigenvalue weighted by Crippen LogP contribution is -2.57. The Balaban J connectivity index is 1.34. The molecule has 4 fully saturated rings. The second-order valence-corrected chi connectivity index (χ2v) is 13.2. The van der Waals surface area contributed by atoms with Gasteiger partial charge in [-0.1, -0.05) is 121 Å². The van der Waals surface area contributed by atoms with Gasteiger partial charge in [-0.05, 0) is 55.8 Å². The first-order chi connectivity index (χ1) is 22.7. The molecule has 0 unspecified atom stereocenters. The molecule has 224 valence electrons. The van der Waals surface area contributed by atoms with Crippen LogP contribution in [0.5, 0.6) is 0 Å². The van der Waals surface area contributed by atoms with Gasteiger partial charge in [-0.2, -0.15) is 0 Å². The van der Waals surface area contributed by atoms with Crippen molar-refractivity contribution < 1.29 is 0 Å². The van der Waals surface area contributed by atoms with Crippen LogP contribution in [0, 0.1) is 23.7 Å². The van der Waals surface area contributed by atoms with Crippen LogP contribution >= 0.6 is 0 Å². The minimum Gasteiger partial charge on any atom is -0.212 e. The summed E-state index contributed by atoms with van der Waals surface area (Å²) < 4.78 is 0. The highest BCUT2D eigenvalue weighted by atomic mass is 15.1. The van der Waals surface area contributed by atoms with Crippen molar-refractivity contribution in [2.24, 2.45) is 23.7 Å². The van der Waals surface area contributed by atoms with E-state index < -0.39 is 5.41 Å². The molecule has 0 atom stereocenters. The maximum atomic E-state index is 5.41. The van der Waals surface area contributed by atoms with Crippen molar-refractivity contribution in [2.75, 3.05) is 0 Å². The number of hydrogen-bond donors (Lipinski definition) is 0. The fourth-order valence-electron chi connectivity index (χ4n) is 8.75. The first-order valence-electron chi connectivity index (χ1n) is 16.5. The summed E-state index contributed by atoms with van der Waals surface area (Å²) >= 11 is 0. The lowest BCUT2D eigenvalue weighted by atomic mass is 9.44. The third-order valence-corrected chi connectivity index (χ3v) is 10.6. The van der Waals surface area contributed by atoms with Crippen molar-refractivity contribution in [3.8, 4) is 45.6 Å². The summed E-state index contributed by atoms with van der Waals surface area (Å²) in [5.41, 5.74) is 3.36. The molecular formula is C40H34N6. The summed E-state index contributed by atoms with van der Waals surface area (Å²) in [5.74, 6) is 6.54. The molecule has 6 aromatic rings. The monoisotopic (exact) mass is 598 g/mol. The molecule has 0 N–H and O–H groups in total. The molecule has 0 saturated heterocycles. The average molecular weight is 599 g/mol. The Morgan fingerprint density at radius 1 is 0.348 bits per heavy atom. The van der Waals surface area contributed by atoms with Crippen LogP contribution in [0.25, 0.3) is 45.6 Å². The Morgan fingerprint density at radius 2 is 0.630 bits per heavy atom. The molecule has 0 aliphatic heterocycles. The third kappa shape index (κ3) is 4.54. The van der Waals surface area contributed by atoms with E-state index in [0.29, 0.717) is 35.1 Å². The number of nitrogens with zero attached hydrogens (tertiary/aromatic N) is 6. The molecule has 0 amide bonds. The average Bonchev–Trinajstić information content (AvgIpc) is 3.13. The predicted octanol–water partition coefficient (Wildman–Crippen LogP) is 8.47. The van der Waals surface area contributed by atoms with Gasteiger partial charge >= 0.3 is 0 Å². The van der Waals surface area contributed by atoms with Gasteiger partial charge in [-0.3, -0.25) is 0 Å². The van der Waals surface area contributed by atoms with Crippen LogP contribution in [-0.4, -0.2) is 29.9 Å². The zero-order valence-corrected chi connectivity index (χ0v) is 25.6. The normalized spacial score (nSPS) is 22.5. The first-order valence-corrected chi connectivity index (χ1v) is 16.5. The number of benzene rings is 4. The highest BCUT2D eigenvalue weighted by Gasteiger charge is 2.62. The summed E-state index contributed by atoms with van der Waals surface area (Å²) in [7, 11) is 0. The summed E-state index contributed by atoms with van der Waals surface area (Å²) in [6.45, 7) is 0. The first kappa shape index (κ1) is 27.2. The van der Waals surface area contributed by atoms with E-state index in [1.807, 2.05) is 72.8 Å². The van der Waals surface area contributed by atoms with E-state index in [1.54, 1.807) is 0 Å². The minimum absolute atomic E-state index is 0.341. The van der Waals surface area contributed by atoms with Crippen LogP contribution in [-0.2, 0) is 5.41 Å². The number of aromatic nitrogens is 6. The Bertz CT molecular complexity index is 1720. The summed E-state index contributed by atoms with van der Waals surface area (Å²) in [5, 5.41) is 0. The van der Waals surface area contributed by atoms with Crippen molar-refractivity contribution in [2.45, 2.75) is 37.5 Å². The third-order valence-electron chi connectivity index (χ3n) is 10.6. The molecule has 4 aliphatic rings. The van der Waals surface area contributed by atoms with Crippen LogP contribution in [0.3, 0.4) is 0 Å². The van der Waals surface area contributed by atoms with Gasteiger partial charge in [0.05, 0.1) is 5.41 Å². The largest absolute Gasteiger partial charge is 0.212 e. The Morgan fingerprint density at radius 3 is 0.913 bits per heavy atom. The topological polar surface area (TPSA) is 77.3 Å². The molecule has 6 nitrogen and oxygen atoms in total. The maximum Gasteiger partial charge on any atom is 0.163 e. The van der Waals surface area contributed by atoms with Crippen molar-refractivity contribution >= 4 is 0 Å². The van der Waals surface area contributed by atoms with Crippen LogP contribution in [0.4, 0.5) is 0 Å². The maximum absolute atomic E-state index is 5.41. The fourth-order valence-corrected chi connectivity index (χ4v) is 8.75. The van der Waals surface area contributed by atoms with Crippen molar-refractivity contribution in [3.63, 3.8) is 0 Å². The van der Waals surface area contributed by atoms with E-state index in [9.17, 15) is 0 Å². The van der Waals surface area contributed by atoms with Crippen molar-refractivity contribution in [1.29, 1.82) is 0 Å². The molecule has 0 spiro atoms. The van der Waals surface area contributed by atoms with Gasteiger partial charge in [0, 0.05) is 22.3 Å². The zero-order valence-electron chi connectivity index (χ0n) is 25.6. The predicted molar refractivity (Wildman–Crippen MR) is 179 cm³/mol. The van der Waals surface area contributed by atoms with E-state index in [4.69, 9.17) is 29.9 Å². The second-order valence-electron chi connectivity index (χ2n) is 13.2. The molecule has 4 aliphatic carbocycles. The SMILES string of the molecule is c1ccc(-c2nc(-c3ccccc3)nc(C3(c4nc(-c5ccccc5)nc(-c5ccccc5)n4)C4CC5CC(C4)CC3C5)n2)cc1. The summed E-state index contributed by atoms with van der Waals surface area (Å²) in [6, 6.07) is 41.2. The lowest BCUT2D eigenvalue weighted by molar-refractivity contribution is -0.0491. The molecule has 6 heteroatoms. The van der Waals surface area contributed by atoms with Gasteiger partial charge in [0.25, 0.3) is 0 Å². The van der Waals surface area contributed by atoms with Gasteiger partial charge in [0.1, 0.15) is 11.6 Å². The van der Waals surface area contributed by atoms with Crippen molar-refractivity contribution in [1.82, 2.24) is 29.9 Å². The van der Waals surface area contributed by atoms with Gasteiger partial charge in [-0.15, -0.1) is 0 Å². The zero-order chi connectivity index (χ0) is 30.5. The highest BCUT2D eigenvalue weighted by Crippen LogP contribution is 2.64. The van der Waals surface area contributed by atoms with Gasteiger partial charge in [0.15, 0.2) is 23.3 Å². The fraction of sp³-hybridized carbons (Fsp3) is 0.250. The molecule has 10 rings (SSSR count).